The summed E-state index contributed by atoms with van der Waals surface area (Å²) in [4.78, 5) is 14.6. The zero-order valence-corrected chi connectivity index (χ0v) is 13.3. The number of nitrogens with zero attached hydrogens (tertiary/aromatic N) is 2. The van der Waals surface area contributed by atoms with Crippen molar-refractivity contribution in [2.75, 3.05) is 0 Å². The van der Waals surface area contributed by atoms with Crippen molar-refractivity contribution in [3.8, 4) is 17.2 Å². The van der Waals surface area contributed by atoms with Crippen molar-refractivity contribution in [1.82, 2.24) is 0 Å². The molecule has 1 N–H and O–H groups in total. The molecule has 1 spiro atoms. The topological polar surface area (TPSA) is 94.2 Å². The normalized spacial score (nSPS) is 17.4. The van der Waals surface area contributed by atoms with Crippen LogP contribution in [0.15, 0.2) is 41.4 Å². The first-order chi connectivity index (χ1) is 12.0. The highest BCUT2D eigenvalue weighted by Crippen LogP contribution is 2.47. The van der Waals surface area contributed by atoms with E-state index in [1.54, 1.807) is 12.1 Å². The number of ether oxygens (including phenoxy) is 2. The fourth-order valence-electron chi connectivity index (χ4n) is 3.18. The third-order valence-electron chi connectivity index (χ3n) is 4.46. The number of phenols is 1. The molecule has 4 rings (SSSR count). The van der Waals surface area contributed by atoms with Crippen molar-refractivity contribution in [2.45, 2.75) is 31.5 Å². The van der Waals surface area contributed by atoms with Crippen LogP contribution in [-0.2, 0) is 0 Å². The molecule has 1 heterocycles. The number of benzene rings is 2. The molecule has 25 heavy (non-hydrogen) atoms. The maximum absolute atomic E-state index is 10.8. The van der Waals surface area contributed by atoms with Crippen LogP contribution in [0.25, 0.3) is 0 Å². The van der Waals surface area contributed by atoms with Crippen LogP contribution in [0.4, 0.5) is 11.4 Å². The second-order valence-corrected chi connectivity index (χ2v) is 6.21. The van der Waals surface area contributed by atoms with Crippen LogP contribution in [0.1, 0.15) is 31.2 Å². The molecule has 0 aromatic heterocycles. The number of phenolic OH excluding ortho intramolecular Hbond substituents is 1. The maximum atomic E-state index is 10.8. The van der Waals surface area contributed by atoms with E-state index in [1.165, 1.54) is 24.4 Å². The van der Waals surface area contributed by atoms with Gasteiger partial charge in [-0.2, -0.15) is 0 Å². The number of nitro groups is 1. The first-order valence-electron chi connectivity index (χ1n) is 8.08. The highest BCUT2D eigenvalue weighted by molar-refractivity contribution is 5.86. The second kappa shape index (κ2) is 5.77. The highest BCUT2D eigenvalue weighted by atomic mass is 16.7. The Hall–Kier alpha value is -3.09. The minimum absolute atomic E-state index is 0.0694. The molecule has 0 atom stereocenters. The van der Waals surface area contributed by atoms with E-state index >= 15 is 0 Å². The highest BCUT2D eigenvalue weighted by Gasteiger charge is 2.44. The van der Waals surface area contributed by atoms with E-state index < -0.39 is 10.7 Å². The average Bonchev–Trinajstić information content (AvgIpc) is 3.19. The predicted octanol–water partition coefficient (Wildman–Crippen LogP) is 4.09. The van der Waals surface area contributed by atoms with Crippen LogP contribution in [0.2, 0.25) is 0 Å². The smallest absolute Gasteiger partial charge is 0.270 e. The molecule has 7 nitrogen and oxygen atoms in total. The van der Waals surface area contributed by atoms with Crippen LogP contribution < -0.4 is 9.47 Å². The third kappa shape index (κ3) is 2.88. The lowest BCUT2D eigenvalue weighted by molar-refractivity contribution is -0.384. The largest absolute Gasteiger partial charge is 0.507 e. The van der Waals surface area contributed by atoms with E-state index in [-0.39, 0.29) is 17.0 Å². The minimum atomic E-state index is -0.525. The maximum Gasteiger partial charge on any atom is 0.270 e. The van der Waals surface area contributed by atoms with Crippen LogP contribution >= 0.6 is 0 Å². The molecule has 2 aliphatic rings. The van der Waals surface area contributed by atoms with Crippen molar-refractivity contribution in [3.63, 3.8) is 0 Å². The quantitative estimate of drug-likeness (QED) is 0.516. The summed E-state index contributed by atoms with van der Waals surface area (Å²) in [6.07, 6.45) is 5.32. The van der Waals surface area contributed by atoms with E-state index in [1.807, 2.05) is 6.07 Å². The van der Waals surface area contributed by atoms with E-state index in [0.717, 1.165) is 25.7 Å². The molecule has 128 valence electrons. The van der Waals surface area contributed by atoms with Gasteiger partial charge in [0.05, 0.1) is 10.6 Å². The number of rotatable bonds is 3. The zero-order valence-electron chi connectivity index (χ0n) is 13.3. The van der Waals surface area contributed by atoms with Gasteiger partial charge in [-0.05, 0) is 31.0 Å². The molecule has 2 aromatic carbocycles. The molecular formula is C18H16N2O5. The third-order valence-corrected chi connectivity index (χ3v) is 4.46. The number of non-ortho nitro benzene ring substituents is 1. The summed E-state index contributed by atoms with van der Waals surface area (Å²) >= 11 is 0. The van der Waals surface area contributed by atoms with Gasteiger partial charge in [0.2, 0.25) is 0 Å². The zero-order chi connectivity index (χ0) is 17.4. The standard InChI is InChI=1S/C18H16N2O5/c21-15-5-4-14(20(22)23)9-12(15)11-19-13-3-6-16-17(10-13)25-18(24-16)7-1-2-8-18/h3-6,9-11,21H,1-2,7-8H2. The lowest BCUT2D eigenvalue weighted by atomic mass is 10.2. The molecule has 0 amide bonds. The van der Waals surface area contributed by atoms with Gasteiger partial charge in [-0.15, -0.1) is 0 Å². The molecule has 1 saturated carbocycles. The Balaban J connectivity index is 1.58. The molecule has 2 aromatic rings. The number of hydrogen-bond acceptors (Lipinski definition) is 6. The Morgan fingerprint density at radius 2 is 1.88 bits per heavy atom. The van der Waals surface area contributed by atoms with Crippen molar-refractivity contribution in [3.05, 3.63) is 52.1 Å². The average molecular weight is 340 g/mol. The molecule has 0 bridgehead atoms. The molecular weight excluding hydrogens is 324 g/mol. The number of aromatic hydroxyl groups is 1. The van der Waals surface area contributed by atoms with Crippen molar-refractivity contribution >= 4 is 17.6 Å². The van der Waals surface area contributed by atoms with E-state index in [2.05, 4.69) is 4.99 Å². The fraction of sp³-hybridized carbons (Fsp3) is 0.278. The van der Waals surface area contributed by atoms with Gasteiger partial charge in [0.25, 0.3) is 11.5 Å². The van der Waals surface area contributed by atoms with Gasteiger partial charge in [-0.1, -0.05) is 0 Å². The van der Waals surface area contributed by atoms with Gasteiger partial charge in [-0.25, -0.2) is 0 Å². The number of fused-ring (bicyclic) bond motifs is 1. The first-order valence-corrected chi connectivity index (χ1v) is 8.08. The number of hydrogen-bond donors (Lipinski definition) is 1. The summed E-state index contributed by atoms with van der Waals surface area (Å²) < 4.78 is 11.9. The fourth-order valence-corrected chi connectivity index (χ4v) is 3.18. The van der Waals surface area contributed by atoms with E-state index in [9.17, 15) is 15.2 Å². The number of nitro benzene ring substituents is 1. The molecule has 1 fully saturated rings. The van der Waals surface area contributed by atoms with Gasteiger partial charge >= 0.3 is 0 Å². The van der Waals surface area contributed by atoms with Crippen LogP contribution in [0, 0.1) is 10.1 Å². The van der Waals surface area contributed by atoms with Gasteiger partial charge in [0, 0.05) is 42.8 Å². The molecule has 0 unspecified atom stereocenters. The minimum Gasteiger partial charge on any atom is -0.507 e. The van der Waals surface area contributed by atoms with Crippen molar-refractivity contribution in [2.24, 2.45) is 4.99 Å². The monoisotopic (exact) mass is 340 g/mol. The Morgan fingerprint density at radius 3 is 2.64 bits per heavy atom. The Kier molecular flexibility index (Phi) is 3.56. The van der Waals surface area contributed by atoms with Gasteiger partial charge < -0.3 is 14.6 Å². The first kappa shape index (κ1) is 15.4. The summed E-state index contributed by atoms with van der Waals surface area (Å²) in [7, 11) is 0. The van der Waals surface area contributed by atoms with Crippen LogP contribution in [0.3, 0.4) is 0 Å². The number of aliphatic imine (C=N–C) groups is 1. The lowest BCUT2D eigenvalue weighted by Gasteiger charge is -2.21. The van der Waals surface area contributed by atoms with Gasteiger partial charge in [0.1, 0.15) is 5.75 Å². The Labute approximate surface area is 143 Å². The van der Waals surface area contributed by atoms with Crippen LogP contribution in [-0.4, -0.2) is 22.0 Å². The Morgan fingerprint density at radius 1 is 1.12 bits per heavy atom. The second-order valence-electron chi connectivity index (χ2n) is 6.21. The lowest BCUT2D eigenvalue weighted by Crippen LogP contribution is -2.34. The van der Waals surface area contributed by atoms with Crippen molar-refractivity contribution in [1.29, 1.82) is 0 Å². The summed E-state index contributed by atoms with van der Waals surface area (Å²) in [5.74, 6) is 0.766. The van der Waals surface area contributed by atoms with Crippen molar-refractivity contribution < 1.29 is 19.5 Å². The van der Waals surface area contributed by atoms with Crippen LogP contribution in [0.5, 0.6) is 17.2 Å². The Bertz CT molecular complexity index is 872. The molecule has 0 radical (unpaired) electrons. The van der Waals surface area contributed by atoms with Gasteiger partial charge in [0.15, 0.2) is 11.5 Å². The molecule has 1 aliphatic heterocycles. The summed E-state index contributed by atoms with van der Waals surface area (Å²) in [5, 5.41) is 20.7. The SMILES string of the molecule is O=[N+]([O-])c1ccc(O)c(C=Nc2ccc3c(c2)OC2(CCCC2)O3)c1. The summed E-state index contributed by atoms with van der Waals surface area (Å²) in [6, 6.07) is 9.16. The van der Waals surface area contributed by atoms with E-state index in [4.69, 9.17) is 9.47 Å². The van der Waals surface area contributed by atoms with Gasteiger partial charge in [-0.3, -0.25) is 15.1 Å². The molecule has 7 heteroatoms. The van der Waals surface area contributed by atoms with E-state index in [0.29, 0.717) is 17.2 Å². The molecule has 1 aliphatic carbocycles. The summed E-state index contributed by atoms with van der Waals surface area (Å²) in [6.45, 7) is 0. The molecule has 0 saturated heterocycles. The predicted molar refractivity (Wildman–Crippen MR) is 90.9 cm³/mol. The summed E-state index contributed by atoms with van der Waals surface area (Å²) in [5.41, 5.74) is 0.788.